The molecule has 4 nitrogen and oxygen atoms in total. The maximum Gasteiger partial charge on any atom is 0.119 e. The van der Waals surface area contributed by atoms with Crippen LogP contribution in [0.1, 0.15) is 25.8 Å². The second-order valence-electron chi connectivity index (χ2n) is 6.49. The summed E-state index contributed by atoms with van der Waals surface area (Å²) in [5.41, 5.74) is 1.32. The third-order valence-electron chi connectivity index (χ3n) is 4.05. The van der Waals surface area contributed by atoms with E-state index >= 15 is 0 Å². The molecule has 124 valence electrons. The van der Waals surface area contributed by atoms with Crippen molar-refractivity contribution in [2.45, 2.75) is 32.9 Å². The molecule has 0 unspecified atom stereocenters. The predicted molar refractivity (Wildman–Crippen MR) is 92.5 cm³/mol. The maximum absolute atomic E-state index is 5.66. The van der Waals surface area contributed by atoms with Gasteiger partial charge in [0.1, 0.15) is 5.75 Å². The fraction of sp³-hybridized carbons (Fsp3) is 0.667. The minimum absolute atomic E-state index is 0.235. The predicted octanol–water partition coefficient (Wildman–Crippen LogP) is 2.20. The molecule has 0 aliphatic carbocycles. The molecular formula is C18H31N3O. The zero-order valence-electron chi connectivity index (χ0n) is 14.3. The van der Waals surface area contributed by atoms with E-state index in [2.05, 4.69) is 60.3 Å². The molecule has 1 fully saturated rings. The zero-order chi connectivity index (χ0) is 15.8. The Morgan fingerprint density at radius 1 is 1.09 bits per heavy atom. The molecule has 1 aromatic rings. The van der Waals surface area contributed by atoms with E-state index in [0.29, 0.717) is 0 Å². The standard InChI is InChI=1S/C18H31N3O/c1-16(2)22-18-7-5-17(6-8-18)15-19-9-4-10-21-13-11-20(3)12-14-21/h5-8,16,19H,4,9-15H2,1-3H3. The molecule has 0 saturated carbocycles. The van der Waals surface area contributed by atoms with Crippen molar-refractivity contribution in [2.75, 3.05) is 46.3 Å². The van der Waals surface area contributed by atoms with E-state index in [0.717, 1.165) is 18.8 Å². The minimum Gasteiger partial charge on any atom is -0.491 e. The van der Waals surface area contributed by atoms with E-state index in [-0.39, 0.29) is 6.10 Å². The average molecular weight is 305 g/mol. The van der Waals surface area contributed by atoms with Crippen LogP contribution in [0.3, 0.4) is 0 Å². The molecule has 0 atom stereocenters. The van der Waals surface area contributed by atoms with Crippen molar-refractivity contribution in [3.63, 3.8) is 0 Å². The Morgan fingerprint density at radius 2 is 1.77 bits per heavy atom. The molecule has 2 rings (SSSR count). The van der Waals surface area contributed by atoms with Gasteiger partial charge in [0.25, 0.3) is 0 Å². The number of hydrogen-bond acceptors (Lipinski definition) is 4. The Morgan fingerprint density at radius 3 is 2.41 bits per heavy atom. The van der Waals surface area contributed by atoms with Gasteiger partial charge in [-0.2, -0.15) is 0 Å². The van der Waals surface area contributed by atoms with Crippen LogP contribution in [0.25, 0.3) is 0 Å². The molecule has 0 radical (unpaired) electrons. The molecule has 4 heteroatoms. The van der Waals surface area contributed by atoms with E-state index in [1.165, 1.54) is 44.7 Å². The van der Waals surface area contributed by atoms with Gasteiger partial charge in [-0.25, -0.2) is 0 Å². The summed E-state index contributed by atoms with van der Waals surface area (Å²) < 4.78 is 5.66. The van der Waals surface area contributed by atoms with Gasteiger partial charge >= 0.3 is 0 Å². The Labute approximate surface area is 135 Å². The topological polar surface area (TPSA) is 27.7 Å². The third-order valence-corrected chi connectivity index (χ3v) is 4.05. The monoisotopic (exact) mass is 305 g/mol. The Bertz CT molecular complexity index is 411. The van der Waals surface area contributed by atoms with E-state index in [9.17, 15) is 0 Å². The average Bonchev–Trinajstić information content (AvgIpc) is 2.50. The molecule has 0 bridgehead atoms. The number of hydrogen-bond donors (Lipinski definition) is 1. The van der Waals surface area contributed by atoms with E-state index in [1.54, 1.807) is 0 Å². The van der Waals surface area contributed by atoms with Crippen molar-refractivity contribution >= 4 is 0 Å². The number of piperazine rings is 1. The first-order chi connectivity index (χ1) is 10.6. The molecule has 0 spiro atoms. The van der Waals surface area contributed by atoms with Crippen LogP contribution in [-0.2, 0) is 6.54 Å². The largest absolute Gasteiger partial charge is 0.491 e. The van der Waals surface area contributed by atoms with Gasteiger partial charge in [-0.05, 0) is 58.1 Å². The highest BCUT2D eigenvalue weighted by molar-refractivity contribution is 5.27. The molecule has 1 aliphatic rings. The molecule has 22 heavy (non-hydrogen) atoms. The summed E-state index contributed by atoms with van der Waals surface area (Å²) in [6, 6.07) is 8.40. The molecule has 1 N–H and O–H groups in total. The van der Waals surface area contributed by atoms with Gasteiger partial charge in [-0.3, -0.25) is 0 Å². The molecule has 0 amide bonds. The number of rotatable bonds is 8. The number of likely N-dealkylation sites (N-methyl/N-ethyl adjacent to an activating group) is 1. The fourth-order valence-corrected chi connectivity index (χ4v) is 2.69. The van der Waals surface area contributed by atoms with E-state index in [4.69, 9.17) is 4.74 Å². The van der Waals surface area contributed by atoms with E-state index in [1.807, 2.05) is 0 Å². The summed E-state index contributed by atoms with van der Waals surface area (Å²) in [7, 11) is 2.20. The zero-order valence-corrected chi connectivity index (χ0v) is 14.3. The highest BCUT2D eigenvalue weighted by Gasteiger charge is 2.12. The van der Waals surface area contributed by atoms with Gasteiger partial charge in [-0.1, -0.05) is 12.1 Å². The van der Waals surface area contributed by atoms with Crippen molar-refractivity contribution in [3.8, 4) is 5.75 Å². The van der Waals surface area contributed by atoms with Crippen LogP contribution in [-0.4, -0.2) is 62.2 Å². The van der Waals surface area contributed by atoms with Crippen molar-refractivity contribution in [1.82, 2.24) is 15.1 Å². The molecule has 1 saturated heterocycles. The van der Waals surface area contributed by atoms with E-state index < -0.39 is 0 Å². The summed E-state index contributed by atoms with van der Waals surface area (Å²) in [5.74, 6) is 0.953. The number of nitrogens with zero attached hydrogens (tertiary/aromatic N) is 2. The molecule has 1 heterocycles. The van der Waals surface area contributed by atoms with Crippen molar-refractivity contribution in [2.24, 2.45) is 0 Å². The van der Waals surface area contributed by atoms with Crippen LogP contribution in [0.15, 0.2) is 24.3 Å². The lowest BCUT2D eigenvalue weighted by Gasteiger charge is -2.32. The number of benzene rings is 1. The summed E-state index contributed by atoms with van der Waals surface area (Å²) in [6.07, 6.45) is 1.46. The van der Waals surface area contributed by atoms with Crippen LogP contribution in [0.4, 0.5) is 0 Å². The second-order valence-corrected chi connectivity index (χ2v) is 6.49. The number of ether oxygens (including phenoxy) is 1. The lowest BCUT2D eigenvalue weighted by molar-refractivity contribution is 0.153. The highest BCUT2D eigenvalue weighted by Crippen LogP contribution is 2.13. The minimum atomic E-state index is 0.235. The lowest BCUT2D eigenvalue weighted by atomic mass is 10.2. The van der Waals surface area contributed by atoms with Crippen LogP contribution in [0, 0.1) is 0 Å². The van der Waals surface area contributed by atoms with Crippen molar-refractivity contribution in [1.29, 1.82) is 0 Å². The van der Waals surface area contributed by atoms with Crippen LogP contribution >= 0.6 is 0 Å². The van der Waals surface area contributed by atoms with Crippen LogP contribution in [0.5, 0.6) is 5.75 Å². The first-order valence-electron chi connectivity index (χ1n) is 8.50. The Hall–Kier alpha value is -1.10. The fourth-order valence-electron chi connectivity index (χ4n) is 2.69. The van der Waals surface area contributed by atoms with Gasteiger partial charge in [0.05, 0.1) is 6.10 Å². The summed E-state index contributed by atoms with van der Waals surface area (Å²) in [6.45, 7) is 12.2. The highest BCUT2D eigenvalue weighted by atomic mass is 16.5. The molecule has 1 aliphatic heterocycles. The SMILES string of the molecule is CC(C)Oc1ccc(CNCCCN2CCN(C)CC2)cc1. The molecule has 1 aromatic carbocycles. The lowest BCUT2D eigenvalue weighted by Crippen LogP contribution is -2.45. The normalized spacial score (nSPS) is 17.1. The summed E-state index contributed by atoms with van der Waals surface area (Å²) in [5, 5.41) is 3.53. The Balaban J connectivity index is 1.56. The first kappa shape index (κ1) is 17.3. The van der Waals surface area contributed by atoms with Crippen LogP contribution < -0.4 is 10.1 Å². The number of nitrogens with one attached hydrogen (secondary N) is 1. The van der Waals surface area contributed by atoms with Gasteiger partial charge in [0.2, 0.25) is 0 Å². The maximum atomic E-state index is 5.66. The molecule has 0 aromatic heterocycles. The summed E-state index contributed by atoms with van der Waals surface area (Å²) >= 11 is 0. The summed E-state index contributed by atoms with van der Waals surface area (Å²) in [4.78, 5) is 4.97. The van der Waals surface area contributed by atoms with Gasteiger partial charge in [0.15, 0.2) is 0 Å². The van der Waals surface area contributed by atoms with Crippen molar-refractivity contribution in [3.05, 3.63) is 29.8 Å². The van der Waals surface area contributed by atoms with Crippen LogP contribution in [0.2, 0.25) is 0 Å². The third kappa shape index (κ3) is 6.34. The second kappa shape index (κ2) is 9.13. The smallest absolute Gasteiger partial charge is 0.119 e. The van der Waals surface area contributed by atoms with Gasteiger partial charge in [-0.15, -0.1) is 0 Å². The Kier molecular flexibility index (Phi) is 7.16. The van der Waals surface area contributed by atoms with Crippen molar-refractivity contribution < 1.29 is 4.74 Å². The van der Waals surface area contributed by atoms with Gasteiger partial charge in [0, 0.05) is 32.7 Å². The quantitative estimate of drug-likeness (QED) is 0.745. The van der Waals surface area contributed by atoms with Gasteiger partial charge < -0.3 is 19.9 Å². The molecular weight excluding hydrogens is 274 g/mol. The first-order valence-corrected chi connectivity index (χ1v) is 8.50.